The third kappa shape index (κ3) is 1.28. The van der Waals surface area contributed by atoms with E-state index in [0.29, 0.717) is 5.39 Å². The second kappa shape index (κ2) is 3.06. The molecule has 0 fully saturated rings. The maximum atomic E-state index is 11.6. The van der Waals surface area contributed by atoms with Gasteiger partial charge >= 0.3 is 0 Å². The van der Waals surface area contributed by atoms with E-state index < -0.39 is 0 Å². The van der Waals surface area contributed by atoms with Gasteiger partial charge in [0.25, 0.3) is 5.56 Å². The molecule has 1 heterocycles. The van der Waals surface area contributed by atoms with E-state index in [1.165, 1.54) is 22.4 Å². The minimum absolute atomic E-state index is 0.211. The summed E-state index contributed by atoms with van der Waals surface area (Å²) in [6.07, 6.45) is 0. The Bertz CT molecular complexity index is 565. The van der Waals surface area contributed by atoms with Crippen LogP contribution in [0.5, 0.6) is 0 Å². The molecule has 1 aromatic carbocycles. The lowest BCUT2D eigenvalue weighted by atomic mass is 10.2. The van der Waals surface area contributed by atoms with E-state index in [0.717, 1.165) is 10.3 Å². The number of nitrogens with zero attached hydrogens (tertiary/aromatic N) is 1. The highest BCUT2D eigenvalue weighted by atomic mass is 32.1. The van der Waals surface area contributed by atoms with E-state index in [1.807, 2.05) is 19.1 Å². The van der Waals surface area contributed by atoms with Gasteiger partial charge in [0.1, 0.15) is 0 Å². The van der Waals surface area contributed by atoms with Crippen LogP contribution in [0.2, 0.25) is 0 Å². The smallest absolute Gasteiger partial charge is 0.273 e. The number of benzene rings is 1. The van der Waals surface area contributed by atoms with Gasteiger partial charge in [-0.3, -0.25) is 9.59 Å². The number of aryl methyl sites for hydroxylation is 1. The second-order valence-corrected chi connectivity index (χ2v) is 4.20. The number of hydrogen-bond donors (Lipinski definition) is 0. The standard InChI is InChI=1S/C10H9NO2S/c1-6-3-4-8-9(5-6)14-11(7(2)12)10(8)13/h3-5H,1-2H3. The van der Waals surface area contributed by atoms with Crippen molar-refractivity contribution in [3.05, 3.63) is 34.1 Å². The van der Waals surface area contributed by atoms with Gasteiger partial charge in [0.2, 0.25) is 5.91 Å². The Morgan fingerprint density at radius 2 is 2.14 bits per heavy atom. The summed E-state index contributed by atoms with van der Waals surface area (Å²) in [5, 5.41) is 0.621. The van der Waals surface area contributed by atoms with Gasteiger partial charge < -0.3 is 0 Å². The minimum atomic E-state index is -0.228. The third-order valence-electron chi connectivity index (χ3n) is 2.03. The molecule has 0 saturated heterocycles. The van der Waals surface area contributed by atoms with Gasteiger partial charge in [-0.2, -0.15) is 3.96 Å². The zero-order chi connectivity index (χ0) is 10.3. The van der Waals surface area contributed by atoms with Gasteiger partial charge in [-0.1, -0.05) is 6.07 Å². The summed E-state index contributed by atoms with van der Waals surface area (Å²) >= 11 is 1.20. The molecule has 0 spiro atoms. The van der Waals surface area contributed by atoms with E-state index in [9.17, 15) is 9.59 Å². The van der Waals surface area contributed by atoms with Crippen molar-refractivity contribution in [2.45, 2.75) is 13.8 Å². The monoisotopic (exact) mass is 207 g/mol. The van der Waals surface area contributed by atoms with Crippen molar-refractivity contribution in [1.82, 2.24) is 3.96 Å². The molecule has 72 valence electrons. The van der Waals surface area contributed by atoms with Crippen molar-refractivity contribution in [2.24, 2.45) is 0 Å². The fraction of sp³-hybridized carbons (Fsp3) is 0.200. The zero-order valence-corrected chi connectivity index (χ0v) is 8.72. The fourth-order valence-corrected chi connectivity index (χ4v) is 2.34. The summed E-state index contributed by atoms with van der Waals surface area (Å²) in [6, 6.07) is 5.56. The summed E-state index contributed by atoms with van der Waals surface area (Å²) in [4.78, 5) is 22.7. The van der Waals surface area contributed by atoms with Crippen LogP contribution in [0.25, 0.3) is 10.1 Å². The highest BCUT2D eigenvalue weighted by molar-refractivity contribution is 7.14. The van der Waals surface area contributed by atoms with Crippen LogP contribution < -0.4 is 5.56 Å². The van der Waals surface area contributed by atoms with E-state index in [4.69, 9.17) is 0 Å². The molecule has 3 nitrogen and oxygen atoms in total. The highest BCUT2D eigenvalue weighted by Crippen LogP contribution is 2.17. The van der Waals surface area contributed by atoms with Gasteiger partial charge in [0.15, 0.2) is 0 Å². The average Bonchev–Trinajstić information content (AvgIpc) is 2.43. The number of carbonyl (C=O) groups is 1. The molecule has 0 N–H and O–H groups in total. The fourth-order valence-electron chi connectivity index (χ4n) is 1.34. The van der Waals surface area contributed by atoms with Crippen molar-refractivity contribution in [3.8, 4) is 0 Å². The Hall–Kier alpha value is -1.42. The van der Waals surface area contributed by atoms with Crippen LogP contribution >= 0.6 is 11.5 Å². The first kappa shape index (κ1) is 9.15. The van der Waals surface area contributed by atoms with E-state index in [1.54, 1.807) is 6.07 Å². The normalized spacial score (nSPS) is 10.7. The van der Waals surface area contributed by atoms with Gasteiger partial charge in [-0.05, 0) is 36.2 Å². The topological polar surface area (TPSA) is 39.1 Å². The van der Waals surface area contributed by atoms with E-state index in [-0.39, 0.29) is 11.5 Å². The molecule has 4 heteroatoms. The van der Waals surface area contributed by atoms with Crippen molar-refractivity contribution < 1.29 is 4.79 Å². The molecule has 14 heavy (non-hydrogen) atoms. The van der Waals surface area contributed by atoms with Crippen LogP contribution in [0, 0.1) is 6.92 Å². The molecule has 0 aliphatic rings. The van der Waals surface area contributed by atoms with Crippen LogP contribution in [0.3, 0.4) is 0 Å². The Balaban J connectivity index is 2.87. The van der Waals surface area contributed by atoms with Gasteiger partial charge in [-0.15, -0.1) is 0 Å². The first-order valence-electron chi connectivity index (χ1n) is 4.23. The summed E-state index contributed by atoms with van der Waals surface area (Å²) in [5.74, 6) is -0.228. The predicted molar refractivity (Wildman–Crippen MR) is 57.1 cm³/mol. The minimum Gasteiger partial charge on any atom is -0.273 e. The Kier molecular flexibility index (Phi) is 2.00. The highest BCUT2D eigenvalue weighted by Gasteiger charge is 2.09. The Morgan fingerprint density at radius 3 is 2.79 bits per heavy atom. The third-order valence-corrected chi connectivity index (χ3v) is 3.17. The molecule has 0 amide bonds. The Morgan fingerprint density at radius 1 is 1.43 bits per heavy atom. The molecule has 0 bridgehead atoms. The molecule has 0 aliphatic heterocycles. The zero-order valence-electron chi connectivity index (χ0n) is 7.90. The van der Waals surface area contributed by atoms with Crippen LogP contribution in [-0.4, -0.2) is 9.86 Å². The Labute approximate surface area is 84.7 Å². The molecule has 1 aromatic heterocycles. The number of fused-ring (bicyclic) bond motifs is 1. The molecule has 0 aliphatic carbocycles. The van der Waals surface area contributed by atoms with Crippen LogP contribution in [0.15, 0.2) is 23.0 Å². The van der Waals surface area contributed by atoms with Crippen molar-refractivity contribution in [1.29, 1.82) is 0 Å². The lowest BCUT2D eigenvalue weighted by Crippen LogP contribution is -2.17. The molecule has 0 unspecified atom stereocenters. The molecular formula is C10H9NO2S. The first-order chi connectivity index (χ1) is 6.59. The van der Waals surface area contributed by atoms with Crippen molar-refractivity contribution in [2.75, 3.05) is 0 Å². The first-order valence-corrected chi connectivity index (χ1v) is 5.00. The quantitative estimate of drug-likeness (QED) is 0.663. The largest absolute Gasteiger partial charge is 0.275 e. The molecule has 2 aromatic rings. The maximum absolute atomic E-state index is 11.6. The van der Waals surface area contributed by atoms with Gasteiger partial charge in [0.05, 0.1) is 10.1 Å². The van der Waals surface area contributed by atoms with Crippen LogP contribution in [-0.2, 0) is 0 Å². The lowest BCUT2D eigenvalue weighted by molar-refractivity contribution is 0.0946. The SMILES string of the molecule is CC(=O)n1sc2cc(C)ccc2c1=O. The number of hydrogen-bond acceptors (Lipinski definition) is 3. The molecule has 0 radical (unpaired) electrons. The number of aromatic nitrogens is 1. The molecule has 2 rings (SSSR count). The average molecular weight is 207 g/mol. The predicted octanol–water partition coefficient (Wildman–Crippen LogP) is 2.03. The van der Waals surface area contributed by atoms with Crippen LogP contribution in [0.1, 0.15) is 17.3 Å². The number of carbonyl (C=O) groups excluding carboxylic acids is 1. The number of rotatable bonds is 0. The van der Waals surface area contributed by atoms with Crippen molar-refractivity contribution in [3.63, 3.8) is 0 Å². The molecule has 0 saturated carbocycles. The van der Waals surface area contributed by atoms with Gasteiger partial charge in [-0.25, -0.2) is 0 Å². The maximum Gasteiger partial charge on any atom is 0.275 e. The van der Waals surface area contributed by atoms with Crippen LogP contribution in [0.4, 0.5) is 0 Å². The summed E-state index contributed by atoms with van der Waals surface area (Å²) in [6.45, 7) is 3.35. The summed E-state index contributed by atoms with van der Waals surface area (Å²) < 4.78 is 2.05. The second-order valence-electron chi connectivity index (χ2n) is 3.21. The molecule has 0 atom stereocenters. The summed E-state index contributed by atoms with van der Waals surface area (Å²) in [5.41, 5.74) is 0.881. The lowest BCUT2D eigenvalue weighted by Gasteiger charge is -1.88. The molecular weight excluding hydrogens is 198 g/mol. The van der Waals surface area contributed by atoms with Crippen molar-refractivity contribution >= 4 is 27.5 Å². The van der Waals surface area contributed by atoms with E-state index in [2.05, 4.69) is 0 Å². The van der Waals surface area contributed by atoms with Gasteiger partial charge in [0, 0.05) is 6.92 Å². The van der Waals surface area contributed by atoms with E-state index >= 15 is 0 Å². The summed E-state index contributed by atoms with van der Waals surface area (Å²) in [7, 11) is 0.